The van der Waals surface area contributed by atoms with E-state index in [0.717, 1.165) is 5.56 Å². The van der Waals surface area contributed by atoms with Crippen molar-refractivity contribution in [1.82, 2.24) is 9.80 Å². The van der Waals surface area contributed by atoms with Crippen LogP contribution in [0.4, 0.5) is 8.78 Å². The highest BCUT2D eigenvalue weighted by molar-refractivity contribution is 5.85. The Labute approximate surface area is 161 Å². The zero-order valence-corrected chi connectivity index (χ0v) is 15.6. The van der Waals surface area contributed by atoms with Crippen LogP contribution in [0.2, 0.25) is 0 Å². The summed E-state index contributed by atoms with van der Waals surface area (Å²) in [5, 5.41) is 9.10. The number of amides is 2. The molecule has 1 N–H and O–H groups in total. The van der Waals surface area contributed by atoms with Crippen LogP contribution in [0, 0.1) is 5.92 Å². The minimum Gasteiger partial charge on any atom is -0.481 e. The molecule has 0 saturated carbocycles. The number of carbonyl (C=O) groups excluding carboxylic acids is 2. The van der Waals surface area contributed by atoms with Gasteiger partial charge in [0.25, 0.3) is 0 Å². The molecule has 7 nitrogen and oxygen atoms in total. The third-order valence-electron chi connectivity index (χ3n) is 4.70. The lowest BCUT2D eigenvalue weighted by molar-refractivity contribution is -0.147. The first-order valence-electron chi connectivity index (χ1n) is 9.04. The maximum atomic E-state index is 12.3. The minimum atomic E-state index is -2.88. The normalized spacial score (nSPS) is 16.7. The molecule has 0 aromatic heterocycles. The maximum Gasteiger partial charge on any atom is 0.387 e. The van der Waals surface area contributed by atoms with Crippen molar-refractivity contribution < 1.29 is 33.0 Å². The molecule has 2 rings (SSSR count). The molecular weight excluding hydrogens is 374 g/mol. The van der Waals surface area contributed by atoms with Crippen molar-refractivity contribution in [2.45, 2.75) is 32.3 Å². The van der Waals surface area contributed by atoms with E-state index in [0.29, 0.717) is 25.8 Å². The molecule has 1 aromatic carbocycles. The van der Waals surface area contributed by atoms with Gasteiger partial charge in [-0.15, -0.1) is 0 Å². The van der Waals surface area contributed by atoms with E-state index in [9.17, 15) is 23.2 Å². The molecule has 1 aliphatic heterocycles. The van der Waals surface area contributed by atoms with Gasteiger partial charge in [0.05, 0.1) is 12.5 Å². The average molecular weight is 398 g/mol. The molecule has 154 valence electrons. The number of ether oxygens (including phenoxy) is 1. The molecule has 1 aromatic rings. The summed E-state index contributed by atoms with van der Waals surface area (Å²) in [6.07, 6.45) is 1.74. The van der Waals surface area contributed by atoms with Gasteiger partial charge in [-0.1, -0.05) is 12.1 Å². The van der Waals surface area contributed by atoms with Gasteiger partial charge in [0, 0.05) is 26.6 Å². The number of aliphatic carboxylic acids is 1. The summed E-state index contributed by atoms with van der Waals surface area (Å²) in [4.78, 5) is 38.5. The molecule has 0 spiro atoms. The van der Waals surface area contributed by atoms with Gasteiger partial charge in [-0.3, -0.25) is 14.4 Å². The molecule has 0 aliphatic carbocycles. The monoisotopic (exact) mass is 398 g/mol. The van der Waals surface area contributed by atoms with Crippen LogP contribution in [0.3, 0.4) is 0 Å². The largest absolute Gasteiger partial charge is 0.481 e. The molecule has 1 unspecified atom stereocenters. The number of halogens is 2. The Balaban J connectivity index is 1.79. The number of hydrogen-bond acceptors (Lipinski definition) is 4. The summed E-state index contributed by atoms with van der Waals surface area (Å²) in [6, 6.07) is 6.04. The van der Waals surface area contributed by atoms with Crippen LogP contribution in [0.15, 0.2) is 24.3 Å². The minimum absolute atomic E-state index is 0.0500. The number of carboxylic acids is 1. The number of benzene rings is 1. The molecule has 2 amide bonds. The van der Waals surface area contributed by atoms with Crippen molar-refractivity contribution in [3.05, 3.63) is 29.8 Å². The lowest BCUT2D eigenvalue weighted by Gasteiger charge is -2.32. The van der Waals surface area contributed by atoms with E-state index >= 15 is 0 Å². The Morgan fingerprint density at radius 3 is 2.57 bits per heavy atom. The summed E-state index contributed by atoms with van der Waals surface area (Å²) in [7, 11) is 1.53. The second kappa shape index (κ2) is 10.0. The highest BCUT2D eigenvalue weighted by atomic mass is 19.3. The smallest absolute Gasteiger partial charge is 0.387 e. The van der Waals surface area contributed by atoms with Gasteiger partial charge >= 0.3 is 12.6 Å². The number of carboxylic acid groups (broad SMARTS) is 1. The van der Waals surface area contributed by atoms with Crippen LogP contribution in [-0.2, 0) is 20.8 Å². The van der Waals surface area contributed by atoms with Crippen molar-refractivity contribution in [2.24, 2.45) is 5.92 Å². The molecule has 1 aliphatic rings. The Kier molecular flexibility index (Phi) is 7.71. The molecule has 0 bridgehead atoms. The van der Waals surface area contributed by atoms with Crippen molar-refractivity contribution in [1.29, 1.82) is 0 Å². The number of nitrogens with zero attached hydrogens (tertiary/aromatic N) is 2. The molecule has 9 heteroatoms. The summed E-state index contributed by atoms with van der Waals surface area (Å²) < 4.78 is 28.5. The molecule has 1 saturated heterocycles. The predicted molar refractivity (Wildman–Crippen MR) is 96.0 cm³/mol. The highest BCUT2D eigenvalue weighted by Crippen LogP contribution is 2.18. The van der Waals surface area contributed by atoms with Gasteiger partial charge in [0.2, 0.25) is 11.8 Å². The van der Waals surface area contributed by atoms with Crippen LogP contribution in [0.1, 0.15) is 24.8 Å². The Morgan fingerprint density at radius 2 is 1.96 bits per heavy atom. The summed E-state index contributed by atoms with van der Waals surface area (Å²) in [6.45, 7) is -2.32. The molecular formula is C19H24F2N2O5. The van der Waals surface area contributed by atoms with Crippen LogP contribution in [0.25, 0.3) is 0 Å². The predicted octanol–water partition coefficient (Wildman–Crippen LogP) is 2.00. The number of likely N-dealkylation sites (tertiary alicyclic amines) is 1. The van der Waals surface area contributed by atoms with Crippen LogP contribution in [0.5, 0.6) is 5.75 Å². The summed E-state index contributed by atoms with van der Waals surface area (Å²) >= 11 is 0. The van der Waals surface area contributed by atoms with E-state index in [-0.39, 0.29) is 37.1 Å². The number of piperidine rings is 1. The Hall–Kier alpha value is -2.71. The number of hydrogen-bond donors (Lipinski definition) is 1. The lowest BCUT2D eigenvalue weighted by atomic mass is 9.98. The van der Waals surface area contributed by atoms with E-state index in [4.69, 9.17) is 5.11 Å². The van der Waals surface area contributed by atoms with Gasteiger partial charge in [-0.05, 0) is 37.0 Å². The van der Waals surface area contributed by atoms with E-state index in [1.165, 1.54) is 29.0 Å². The first-order valence-corrected chi connectivity index (χ1v) is 9.04. The van der Waals surface area contributed by atoms with Gasteiger partial charge in [0.1, 0.15) is 5.75 Å². The zero-order chi connectivity index (χ0) is 20.7. The number of alkyl halides is 2. The average Bonchev–Trinajstić information content (AvgIpc) is 2.66. The van der Waals surface area contributed by atoms with Crippen LogP contribution < -0.4 is 4.74 Å². The molecule has 28 heavy (non-hydrogen) atoms. The summed E-state index contributed by atoms with van der Waals surface area (Å²) in [5.41, 5.74) is 0.787. The SMILES string of the molecule is CN(CC(=O)N1CCCC(C(=O)O)C1)C(=O)CCc1ccc(OC(F)F)cc1. The Bertz CT molecular complexity index is 696. The van der Waals surface area contributed by atoms with E-state index in [2.05, 4.69) is 4.74 Å². The quantitative estimate of drug-likeness (QED) is 0.724. The molecule has 1 fully saturated rings. The fraction of sp³-hybridized carbons (Fsp3) is 0.526. The number of carbonyl (C=O) groups is 3. The summed E-state index contributed by atoms with van der Waals surface area (Å²) in [5.74, 6) is -1.92. The van der Waals surface area contributed by atoms with Crippen molar-refractivity contribution in [3.8, 4) is 5.75 Å². The first kappa shape index (κ1) is 21.6. The van der Waals surface area contributed by atoms with Crippen molar-refractivity contribution in [3.63, 3.8) is 0 Å². The maximum absolute atomic E-state index is 12.3. The number of aryl methyl sites for hydroxylation is 1. The van der Waals surface area contributed by atoms with E-state index in [1.54, 1.807) is 12.1 Å². The Morgan fingerprint density at radius 1 is 1.29 bits per heavy atom. The third-order valence-corrected chi connectivity index (χ3v) is 4.70. The number of likely N-dealkylation sites (N-methyl/N-ethyl adjacent to an activating group) is 1. The van der Waals surface area contributed by atoms with Gasteiger partial charge in [-0.25, -0.2) is 0 Å². The molecule has 1 heterocycles. The van der Waals surface area contributed by atoms with E-state index in [1.807, 2.05) is 0 Å². The lowest BCUT2D eigenvalue weighted by Crippen LogP contribution is -2.46. The standard InChI is InChI=1S/C19H24F2N2O5/c1-22(12-17(25)23-10-2-3-14(11-23)18(26)27)16(24)9-6-13-4-7-15(8-5-13)28-19(20)21/h4-5,7-8,14,19H,2-3,6,9-12H2,1H3,(H,26,27). The topological polar surface area (TPSA) is 87.2 Å². The second-order valence-electron chi connectivity index (χ2n) is 6.79. The molecule has 1 atom stereocenters. The van der Waals surface area contributed by atoms with Gasteiger partial charge in [-0.2, -0.15) is 8.78 Å². The first-order chi connectivity index (χ1) is 13.3. The van der Waals surface area contributed by atoms with Gasteiger partial charge in [0.15, 0.2) is 0 Å². The van der Waals surface area contributed by atoms with E-state index < -0.39 is 18.5 Å². The van der Waals surface area contributed by atoms with Crippen LogP contribution in [-0.4, -0.2) is 66.0 Å². The fourth-order valence-electron chi connectivity index (χ4n) is 3.08. The zero-order valence-electron chi connectivity index (χ0n) is 15.6. The fourth-order valence-corrected chi connectivity index (χ4v) is 3.08. The number of rotatable bonds is 8. The molecule has 0 radical (unpaired) electrons. The van der Waals surface area contributed by atoms with Gasteiger partial charge < -0.3 is 19.6 Å². The highest BCUT2D eigenvalue weighted by Gasteiger charge is 2.28. The van der Waals surface area contributed by atoms with Crippen LogP contribution >= 0.6 is 0 Å². The van der Waals surface area contributed by atoms with Crippen molar-refractivity contribution in [2.75, 3.05) is 26.7 Å². The van der Waals surface area contributed by atoms with Crippen molar-refractivity contribution >= 4 is 17.8 Å². The second-order valence-corrected chi connectivity index (χ2v) is 6.79. The third kappa shape index (κ3) is 6.47.